The smallest absolute Gasteiger partial charge is 0.129 e. The number of benzene rings is 2. The van der Waals surface area contributed by atoms with Crippen LogP contribution in [0.1, 0.15) is 30.1 Å². The van der Waals surface area contributed by atoms with Crippen LogP contribution >= 0.6 is 0 Å². The van der Waals surface area contributed by atoms with Crippen molar-refractivity contribution in [1.29, 1.82) is 0 Å². The second kappa shape index (κ2) is 6.79. The SMILES string of the molecule is O[C@@H](CN1CCC(O)(c2ccccc2F)CC1)c1ccccc1. The molecule has 0 aromatic heterocycles. The fraction of sp³-hybridized carbons (Fsp3) is 0.368. The molecule has 0 amide bonds. The number of aliphatic hydroxyl groups is 2. The van der Waals surface area contributed by atoms with E-state index >= 15 is 0 Å². The van der Waals surface area contributed by atoms with Gasteiger partial charge in [-0.2, -0.15) is 0 Å². The average molecular weight is 315 g/mol. The Bertz CT molecular complexity index is 639. The lowest BCUT2D eigenvalue weighted by atomic mass is 9.84. The summed E-state index contributed by atoms with van der Waals surface area (Å²) in [6.45, 7) is 1.79. The van der Waals surface area contributed by atoms with Crippen LogP contribution in [0, 0.1) is 5.82 Å². The van der Waals surface area contributed by atoms with Gasteiger partial charge >= 0.3 is 0 Å². The number of nitrogens with zero attached hydrogens (tertiary/aromatic N) is 1. The van der Waals surface area contributed by atoms with Crippen LogP contribution in [0.4, 0.5) is 4.39 Å². The molecular weight excluding hydrogens is 293 g/mol. The number of hydrogen-bond acceptors (Lipinski definition) is 3. The van der Waals surface area contributed by atoms with Crippen molar-refractivity contribution in [3.8, 4) is 0 Å². The first kappa shape index (κ1) is 16.1. The van der Waals surface area contributed by atoms with E-state index in [0.717, 1.165) is 5.56 Å². The standard InChI is InChI=1S/C19H22FNO2/c20-17-9-5-4-8-16(17)19(23)10-12-21(13-11-19)14-18(22)15-6-2-1-3-7-15/h1-9,18,22-23H,10-14H2/t18-/m0/s1. The highest BCUT2D eigenvalue weighted by Gasteiger charge is 2.36. The zero-order valence-corrected chi connectivity index (χ0v) is 13.0. The number of piperidine rings is 1. The number of β-amino-alcohol motifs (C(OH)–C–C–N with tert-alkyl or cyclic N) is 1. The Hall–Kier alpha value is -1.75. The molecule has 2 aromatic rings. The Morgan fingerprint density at radius 3 is 2.26 bits per heavy atom. The Labute approximate surface area is 136 Å². The molecule has 1 heterocycles. The Morgan fingerprint density at radius 2 is 1.61 bits per heavy atom. The Balaban J connectivity index is 1.61. The second-order valence-corrected chi connectivity index (χ2v) is 6.24. The van der Waals surface area contributed by atoms with Crippen molar-refractivity contribution in [1.82, 2.24) is 4.90 Å². The fourth-order valence-electron chi connectivity index (χ4n) is 3.24. The second-order valence-electron chi connectivity index (χ2n) is 6.24. The van der Waals surface area contributed by atoms with Crippen molar-refractivity contribution >= 4 is 0 Å². The minimum Gasteiger partial charge on any atom is -0.387 e. The molecule has 0 bridgehead atoms. The van der Waals surface area contributed by atoms with Gasteiger partial charge in [-0.25, -0.2) is 4.39 Å². The van der Waals surface area contributed by atoms with Gasteiger partial charge < -0.3 is 15.1 Å². The predicted molar refractivity (Wildman–Crippen MR) is 87.4 cm³/mol. The topological polar surface area (TPSA) is 43.7 Å². The number of rotatable bonds is 4. The molecule has 1 saturated heterocycles. The highest BCUT2D eigenvalue weighted by Crippen LogP contribution is 2.34. The monoisotopic (exact) mass is 315 g/mol. The summed E-state index contributed by atoms with van der Waals surface area (Å²) in [5, 5.41) is 21.1. The van der Waals surface area contributed by atoms with Crippen molar-refractivity contribution in [2.75, 3.05) is 19.6 Å². The summed E-state index contributed by atoms with van der Waals surface area (Å²) >= 11 is 0. The first-order chi connectivity index (χ1) is 11.1. The van der Waals surface area contributed by atoms with Gasteiger partial charge in [0, 0.05) is 25.2 Å². The van der Waals surface area contributed by atoms with Gasteiger partial charge in [-0.05, 0) is 24.5 Å². The van der Waals surface area contributed by atoms with Crippen molar-refractivity contribution < 1.29 is 14.6 Å². The molecule has 23 heavy (non-hydrogen) atoms. The van der Waals surface area contributed by atoms with E-state index in [1.165, 1.54) is 6.07 Å². The molecule has 3 nitrogen and oxygen atoms in total. The lowest BCUT2D eigenvalue weighted by molar-refractivity contribution is -0.0367. The van der Waals surface area contributed by atoms with Gasteiger partial charge in [0.25, 0.3) is 0 Å². The van der Waals surface area contributed by atoms with Crippen LogP contribution in [0.5, 0.6) is 0 Å². The van der Waals surface area contributed by atoms with E-state index in [9.17, 15) is 14.6 Å². The zero-order chi connectivity index (χ0) is 16.3. The third kappa shape index (κ3) is 3.61. The maximum atomic E-state index is 13.9. The molecule has 1 fully saturated rings. The predicted octanol–water partition coefficient (Wildman–Crippen LogP) is 2.84. The van der Waals surface area contributed by atoms with E-state index in [2.05, 4.69) is 4.90 Å². The Morgan fingerprint density at radius 1 is 1.00 bits per heavy atom. The van der Waals surface area contributed by atoms with Crippen LogP contribution < -0.4 is 0 Å². The van der Waals surface area contributed by atoms with Gasteiger partial charge in [0.05, 0.1) is 11.7 Å². The van der Waals surface area contributed by atoms with Crippen LogP contribution in [0.2, 0.25) is 0 Å². The molecule has 3 rings (SSSR count). The van der Waals surface area contributed by atoms with E-state index in [0.29, 0.717) is 38.0 Å². The van der Waals surface area contributed by atoms with Gasteiger partial charge in [-0.3, -0.25) is 0 Å². The van der Waals surface area contributed by atoms with E-state index in [4.69, 9.17) is 0 Å². The van der Waals surface area contributed by atoms with Crippen molar-refractivity contribution in [3.05, 3.63) is 71.5 Å². The molecule has 4 heteroatoms. The maximum Gasteiger partial charge on any atom is 0.129 e. The molecule has 1 atom stereocenters. The van der Waals surface area contributed by atoms with Crippen molar-refractivity contribution in [3.63, 3.8) is 0 Å². The molecule has 122 valence electrons. The van der Waals surface area contributed by atoms with Crippen molar-refractivity contribution in [2.24, 2.45) is 0 Å². The number of likely N-dealkylation sites (tertiary alicyclic amines) is 1. The first-order valence-corrected chi connectivity index (χ1v) is 8.01. The molecule has 1 aliphatic rings. The molecule has 0 saturated carbocycles. The molecule has 2 N–H and O–H groups in total. The zero-order valence-electron chi connectivity index (χ0n) is 13.0. The summed E-state index contributed by atoms with van der Waals surface area (Å²) in [6, 6.07) is 16.0. The van der Waals surface area contributed by atoms with Crippen LogP contribution in [0.3, 0.4) is 0 Å². The largest absolute Gasteiger partial charge is 0.387 e. The van der Waals surface area contributed by atoms with Crippen LogP contribution in [-0.2, 0) is 5.60 Å². The molecular formula is C19H22FNO2. The molecule has 0 spiro atoms. The van der Waals surface area contributed by atoms with E-state index in [-0.39, 0.29) is 5.82 Å². The quantitative estimate of drug-likeness (QED) is 0.912. The summed E-state index contributed by atoms with van der Waals surface area (Å²) in [4.78, 5) is 2.12. The summed E-state index contributed by atoms with van der Waals surface area (Å²) < 4.78 is 13.9. The third-order valence-electron chi connectivity index (χ3n) is 4.67. The maximum absolute atomic E-state index is 13.9. The normalized spacial score (nSPS) is 19.4. The Kier molecular flexibility index (Phi) is 4.76. The minimum absolute atomic E-state index is 0.354. The number of aliphatic hydroxyl groups excluding tert-OH is 1. The minimum atomic E-state index is -1.11. The number of hydrogen-bond donors (Lipinski definition) is 2. The average Bonchev–Trinajstić information content (AvgIpc) is 2.58. The lowest BCUT2D eigenvalue weighted by Crippen LogP contribution is -2.44. The molecule has 0 radical (unpaired) electrons. The lowest BCUT2D eigenvalue weighted by Gasteiger charge is -2.39. The highest BCUT2D eigenvalue weighted by atomic mass is 19.1. The van der Waals surface area contributed by atoms with Gasteiger partial charge in [0.15, 0.2) is 0 Å². The summed E-state index contributed by atoms with van der Waals surface area (Å²) in [7, 11) is 0. The van der Waals surface area contributed by atoms with Gasteiger partial charge in [-0.15, -0.1) is 0 Å². The summed E-state index contributed by atoms with van der Waals surface area (Å²) in [5.74, 6) is -0.354. The van der Waals surface area contributed by atoms with E-state index < -0.39 is 11.7 Å². The number of halogens is 1. The first-order valence-electron chi connectivity index (χ1n) is 8.01. The molecule has 1 aliphatic heterocycles. The highest BCUT2D eigenvalue weighted by molar-refractivity contribution is 5.25. The van der Waals surface area contributed by atoms with Gasteiger partial charge in [-0.1, -0.05) is 48.5 Å². The molecule has 0 unspecified atom stereocenters. The van der Waals surface area contributed by atoms with E-state index in [1.54, 1.807) is 18.2 Å². The third-order valence-corrected chi connectivity index (χ3v) is 4.67. The summed E-state index contributed by atoms with van der Waals surface area (Å²) in [6.07, 6.45) is 0.390. The molecule has 2 aromatic carbocycles. The van der Waals surface area contributed by atoms with Crippen LogP contribution in [0.15, 0.2) is 54.6 Å². The van der Waals surface area contributed by atoms with Crippen LogP contribution in [-0.4, -0.2) is 34.7 Å². The van der Waals surface area contributed by atoms with E-state index in [1.807, 2.05) is 30.3 Å². The van der Waals surface area contributed by atoms with Gasteiger partial charge in [0.2, 0.25) is 0 Å². The van der Waals surface area contributed by atoms with Crippen molar-refractivity contribution in [2.45, 2.75) is 24.5 Å². The molecule has 0 aliphatic carbocycles. The van der Waals surface area contributed by atoms with Gasteiger partial charge in [0.1, 0.15) is 5.82 Å². The fourth-order valence-corrected chi connectivity index (χ4v) is 3.24. The van der Waals surface area contributed by atoms with Crippen LogP contribution in [0.25, 0.3) is 0 Å². The summed E-state index contributed by atoms with van der Waals surface area (Å²) in [5.41, 5.74) is 0.158.